The van der Waals surface area contributed by atoms with Crippen LogP contribution in [-0.4, -0.2) is 43.2 Å². The number of hydrogen-bond acceptors (Lipinski definition) is 2. The fraction of sp³-hybridized carbons (Fsp3) is 0.909. The maximum Gasteiger partial charge on any atom is 0.389 e. The third-order valence-electron chi connectivity index (χ3n) is 3.25. The summed E-state index contributed by atoms with van der Waals surface area (Å²) in [6, 6.07) is 0.349. The van der Waals surface area contributed by atoms with Crippen LogP contribution in [0.2, 0.25) is 0 Å². The smallest absolute Gasteiger partial charge is 0.342 e. The first kappa shape index (κ1) is 14.3. The zero-order chi connectivity index (χ0) is 13.1. The number of nitrogens with zero attached hydrogens (tertiary/aromatic N) is 1. The number of piperidine rings is 1. The van der Waals surface area contributed by atoms with E-state index in [9.17, 15) is 18.0 Å². The van der Waals surface area contributed by atoms with Crippen molar-refractivity contribution in [2.75, 3.05) is 20.1 Å². The summed E-state index contributed by atoms with van der Waals surface area (Å²) >= 11 is 0. The minimum absolute atomic E-state index is 0.281. The lowest BCUT2D eigenvalue weighted by Gasteiger charge is -2.37. The van der Waals surface area contributed by atoms with Crippen molar-refractivity contribution in [2.24, 2.45) is 5.92 Å². The van der Waals surface area contributed by atoms with Crippen LogP contribution >= 0.6 is 0 Å². The van der Waals surface area contributed by atoms with Crippen LogP contribution in [0.3, 0.4) is 0 Å². The molecule has 0 aromatic heterocycles. The Morgan fingerprint density at radius 2 is 2.12 bits per heavy atom. The summed E-state index contributed by atoms with van der Waals surface area (Å²) in [5.41, 5.74) is 0. The molecule has 100 valence electrons. The topological polar surface area (TPSA) is 32.3 Å². The molecule has 6 heteroatoms. The van der Waals surface area contributed by atoms with Crippen molar-refractivity contribution in [3.63, 3.8) is 0 Å². The Bertz CT molecular complexity index is 268. The highest BCUT2D eigenvalue weighted by molar-refractivity contribution is 5.76. The summed E-state index contributed by atoms with van der Waals surface area (Å²) in [6.45, 7) is 3.10. The second-order valence-corrected chi connectivity index (χ2v) is 4.62. The average molecular weight is 252 g/mol. The predicted octanol–water partition coefficient (Wildman–Crippen LogP) is 1.79. The standard InChI is InChI=1S/C11H19F3N2O/c1-8-7-16(6-4-9(8)15-2)10(17)3-5-11(12,13)14/h8-9,15H,3-7H2,1-2H3. The van der Waals surface area contributed by atoms with Crippen molar-refractivity contribution in [3.05, 3.63) is 0 Å². The van der Waals surface area contributed by atoms with Gasteiger partial charge in [0.25, 0.3) is 0 Å². The summed E-state index contributed by atoms with van der Waals surface area (Å²) in [4.78, 5) is 13.1. The molecule has 17 heavy (non-hydrogen) atoms. The zero-order valence-electron chi connectivity index (χ0n) is 10.2. The van der Waals surface area contributed by atoms with E-state index in [2.05, 4.69) is 5.32 Å². The lowest BCUT2D eigenvalue weighted by atomic mass is 9.94. The van der Waals surface area contributed by atoms with Crippen LogP contribution in [0.15, 0.2) is 0 Å². The number of carbonyl (C=O) groups is 1. The summed E-state index contributed by atoms with van der Waals surface area (Å²) in [5, 5.41) is 3.15. The maximum absolute atomic E-state index is 12.0. The Morgan fingerprint density at radius 3 is 2.59 bits per heavy atom. The SMILES string of the molecule is CNC1CCN(C(=O)CCC(F)(F)F)CC1C. The molecule has 0 radical (unpaired) electrons. The van der Waals surface area contributed by atoms with Gasteiger partial charge in [-0.3, -0.25) is 4.79 Å². The Kier molecular flexibility index (Phi) is 4.80. The van der Waals surface area contributed by atoms with Crippen molar-refractivity contribution < 1.29 is 18.0 Å². The van der Waals surface area contributed by atoms with Gasteiger partial charge in [0.15, 0.2) is 0 Å². The first-order valence-corrected chi connectivity index (χ1v) is 5.85. The molecule has 2 atom stereocenters. The Balaban J connectivity index is 2.39. The molecule has 1 aliphatic heterocycles. The van der Waals surface area contributed by atoms with Crippen molar-refractivity contribution >= 4 is 5.91 Å². The van der Waals surface area contributed by atoms with E-state index in [0.29, 0.717) is 19.1 Å². The second-order valence-electron chi connectivity index (χ2n) is 4.62. The minimum Gasteiger partial charge on any atom is -0.342 e. The summed E-state index contributed by atoms with van der Waals surface area (Å²) in [5.74, 6) is -0.104. The molecule has 1 rings (SSSR count). The van der Waals surface area contributed by atoms with Crippen molar-refractivity contribution in [2.45, 2.75) is 38.4 Å². The first-order chi connectivity index (χ1) is 7.83. The molecular formula is C11H19F3N2O. The maximum atomic E-state index is 12.0. The normalized spacial score (nSPS) is 26.1. The highest BCUT2D eigenvalue weighted by atomic mass is 19.4. The number of amides is 1. The molecule has 1 N–H and O–H groups in total. The van der Waals surface area contributed by atoms with Gasteiger partial charge in [0, 0.05) is 25.6 Å². The second kappa shape index (κ2) is 5.71. The fourth-order valence-corrected chi connectivity index (χ4v) is 2.21. The van der Waals surface area contributed by atoms with E-state index < -0.39 is 19.0 Å². The molecule has 0 spiro atoms. The number of likely N-dealkylation sites (tertiary alicyclic amines) is 1. The minimum atomic E-state index is -4.25. The Labute approximate surface area is 99.4 Å². The Morgan fingerprint density at radius 1 is 1.47 bits per heavy atom. The summed E-state index contributed by atoms with van der Waals surface area (Å²) < 4.78 is 36.0. The van der Waals surface area contributed by atoms with Gasteiger partial charge in [0.1, 0.15) is 0 Å². The molecule has 0 aromatic carbocycles. The van der Waals surface area contributed by atoms with Crippen molar-refractivity contribution in [1.82, 2.24) is 10.2 Å². The third-order valence-corrected chi connectivity index (χ3v) is 3.25. The molecule has 1 fully saturated rings. The average Bonchev–Trinajstić information content (AvgIpc) is 2.24. The van der Waals surface area contributed by atoms with Gasteiger partial charge in [-0.1, -0.05) is 6.92 Å². The number of nitrogens with one attached hydrogen (secondary N) is 1. The molecule has 0 aromatic rings. The van der Waals surface area contributed by atoms with E-state index in [4.69, 9.17) is 0 Å². The number of carbonyl (C=O) groups excluding carboxylic acids is 1. The molecule has 1 heterocycles. The van der Waals surface area contributed by atoms with Gasteiger partial charge in [-0.2, -0.15) is 13.2 Å². The molecule has 0 saturated carbocycles. The highest BCUT2D eigenvalue weighted by Gasteiger charge is 2.31. The van der Waals surface area contributed by atoms with E-state index >= 15 is 0 Å². The van der Waals surface area contributed by atoms with Gasteiger partial charge < -0.3 is 10.2 Å². The third kappa shape index (κ3) is 4.53. The van der Waals surface area contributed by atoms with Gasteiger partial charge in [0.2, 0.25) is 5.91 Å². The highest BCUT2D eigenvalue weighted by Crippen LogP contribution is 2.23. The molecule has 2 unspecified atom stereocenters. The van der Waals surface area contributed by atoms with Crippen LogP contribution in [0.1, 0.15) is 26.2 Å². The van der Waals surface area contributed by atoms with Crippen LogP contribution in [0, 0.1) is 5.92 Å². The van der Waals surface area contributed by atoms with Crippen LogP contribution in [0.25, 0.3) is 0 Å². The molecular weight excluding hydrogens is 233 g/mol. The molecule has 0 bridgehead atoms. The van der Waals surface area contributed by atoms with E-state index in [1.165, 1.54) is 0 Å². The number of rotatable bonds is 3. The first-order valence-electron chi connectivity index (χ1n) is 5.85. The van der Waals surface area contributed by atoms with Crippen LogP contribution in [0.5, 0.6) is 0 Å². The van der Waals surface area contributed by atoms with Crippen molar-refractivity contribution in [1.29, 1.82) is 0 Å². The molecule has 0 aliphatic carbocycles. The van der Waals surface area contributed by atoms with E-state index in [1.807, 2.05) is 14.0 Å². The van der Waals surface area contributed by atoms with Gasteiger partial charge in [-0.05, 0) is 19.4 Å². The monoisotopic (exact) mass is 252 g/mol. The lowest BCUT2D eigenvalue weighted by Crippen LogP contribution is -2.49. The fourth-order valence-electron chi connectivity index (χ4n) is 2.21. The van der Waals surface area contributed by atoms with Crippen LogP contribution < -0.4 is 5.32 Å². The van der Waals surface area contributed by atoms with Crippen LogP contribution in [0.4, 0.5) is 13.2 Å². The lowest BCUT2D eigenvalue weighted by molar-refractivity contribution is -0.150. The van der Waals surface area contributed by atoms with E-state index in [1.54, 1.807) is 4.90 Å². The molecule has 1 saturated heterocycles. The predicted molar refractivity (Wildman–Crippen MR) is 58.5 cm³/mol. The van der Waals surface area contributed by atoms with Gasteiger partial charge in [-0.25, -0.2) is 0 Å². The number of alkyl halides is 3. The number of hydrogen-bond donors (Lipinski definition) is 1. The molecule has 1 amide bonds. The van der Waals surface area contributed by atoms with Crippen LogP contribution in [-0.2, 0) is 4.79 Å². The van der Waals surface area contributed by atoms with Gasteiger partial charge >= 0.3 is 6.18 Å². The van der Waals surface area contributed by atoms with E-state index in [0.717, 1.165) is 6.42 Å². The van der Waals surface area contributed by atoms with Crippen molar-refractivity contribution in [3.8, 4) is 0 Å². The largest absolute Gasteiger partial charge is 0.389 e. The van der Waals surface area contributed by atoms with E-state index in [-0.39, 0.29) is 11.8 Å². The molecule has 1 aliphatic rings. The molecule has 3 nitrogen and oxygen atoms in total. The van der Waals surface area contributed by atoms with Gasteiger partial charge in [0.05, 0.1) is 6.42 Å². The quantitative estimate of drug-likeness (QED) is 0.830. The summed E-state index contributed by atoms with van der Waals surface area (Å²) in [7, 11) is 1.86. The number of halogens is 3. The summed E-state index contributed by atoms with van der Waals surface area (Å²) in [6.07, 6.45) is -4.90. The zero-order valence-corrected chi connectivity index (χ0v) is 10.2. The van der Waals surface area contributed by atoms with Gasteiger partial charge in [-0.15, -0.1) is 0 Å². The Hall–Kier alpha value is -0.780.